The van der Waals surface area contributed by atoms with Crippen LogP contribution >= 0.6 is 0 Å². The number of unbranched alkanes of at least 4 members (excludes halogenated alkanes) is 3. The van der Waals surface area contributed by atoms with Crippen molar-refractivity contribution in [1.29, 1.82) is 0 Å². The summed E-state index contributed by atoms with van der Waals surface area (Å²) in [4.78, 5) is 23.1. The first-order valence-corrected chi connectivity index (χ1v) is 9.77. The third-order valence-electron chi connectivity index (χ3n) is 3.59. The Morgan fingerprint density at radius 2 is 1.92 bits per heavy atom. The largest absolute Gasteiger partial charge is 0.469 e. The smallest absolute Gasteiger partial charge is 0.305 e. The number of sulfonamides is 1. The van der Waals surface area contributed by atoms with Crippen molar-refractivity contribution in [3.8, 4) is 12.3 Å². The number of nitrogens with one attached hydrogen (secondary N) is 2. The second kappa shape index (κ2) is 11.3. The van der Waals surface area contributed by atoms with Crippen molar-refractivity contribution < 1.29 is 22.7 Å². The summed E-state index contributed by atoms with van der Waals surface area (Å²) in [6.07, 6.45) is 8.73. The molecule has 8 heteroatoms. The molecular weight excluding hydrogens is 356 g/mol. The summed E-state index contributed by atoms with van der Waals surface area (Å²) < 4.78 is 30.9. The molecular formula is C18H24N2O5S. The maximum atomic E-state index is 12.1. The van der Waals surface area contributed by atoms with Crippen molar-refractivity contribution >= 4 is 21.9 Å². The number of amides is 1. The fourth-order valence-corrected chi connectivity index (χ4v) is 3.16. The fourth-order valence-electron chi connectivity index (χ4n) is 2.18. The van der Waals surface area contributed by atoms with Crippen molar-refractivity contribution in [2.75, 3.05) is 20.2 Å². The minimum Gasteiger partial charge on any atom is -0.469 e. The van der Waals surface area contributed by atoms with E-state index in [0.717, 1.165) is 25.7 Å². The number of carbonyl (C=O) groups is 2. The number of hydrogen-bond donors (Lipinski definition) is 2. The molecule has 0 heterocycles. The molecule has 7 nitrogen and oxygen atoms in total. The van der Waals surface area contributed by atoms with Gasteiger partial charge in [0.15, 0.2) is 0 Å². The summed E-state index contributed by atoms with van der Waals surface area (Å²) in [6.45, 7) is 0.359. The van der Waals surface area contributed by atoms with Gasteiger partial charge in [-0.15, -0.1) is 6.42 Å². The molecule has 0 bridgehead atoms. The Labute approximate surface area is 154 Å². The third-order valence-corrected chi connectivity index (χ3v) is 4.99. The van der Waals surface area contributed by atoms with Gasteiger partial charge >= 0.3 is 5.97 Å². The molecule has 1 rings (SSSR count). The summed E-state index contributed by atoms with van der Waals surface area (Å²) in [5, 5.41) is 2.75. The first kappa shape index (κ1) is 21.7. The van der Waals surface area contributed by atoms with Crippen LogP contribution in [0.25, 0.3) is 0 Å². The summed E-state index contributed by atoms with van der Waals surface area (Å²) in [5.41, 5.74) is 0.263. The Hall–Kier alpha value is -2.37. The number of benzene rings is 1. The quantitative estimate of drug-likeness (QED) is 0.344. The van der Waals surface area contributed by atoms with Crippen molar-refractivity contribution in [1.82, 2.24) is 10.0 Å². The van der Waals surface area contributed by atoms with Crippen LogP contribution in [0.4, 0.5) is 0 Å². The lowest BCUT2D eigenvalue weighted by Crippen LogP contribution is -2.26. The molecule has 1 aromatic rings. The highest BCUT2D eigenvalue weighted by atomic mass is 32.2. The standard InChI is InChI=1S/C18H24N2O5S/c1-3-12-20-26(23,24)16-10-8-9-15(14-16)18(22)19-13-7-5-4-6-11-17(21)25-2/h1,8-10,14,20H,4-7,11-13H2,2H3,(H,19,22). The SMILES string of the molecule is C#CCNS(=O)(=O)c1cccc(C(=O)NCCCCCCC(=O)OC)c1. The summed E-state index contributed by atoms with van der Waals surface area (Å²) in [6, 6.07) is 5.76. The van der Waals surface area contributed by atoms with Crippen LogP contribution < -0.4 is 10.0 Å². The molecule has 1 amide bonds. The van der Waals surface area contributed by atoms with Gasteiger partial charge in [-0.05, 0) is 31.0 Å². The number of methoxy groups -OCH3 is 1. The Bertz CT molecular complexity index is 753. The average Bonchev–Trinajstić information content (AvgIpc) is 2.65. The number of hydrogen-bond acceptors (Lipinski definition) is 5. The fraction of sp³-hybridized carbons (Fsp3) is 0.444. The molecule has 0 aliphatic carbocycles. The van der Waals surface area contributed by atoms with Gasteiger partial charge in [0.1, 0.15) is 0 Å². The van der Waals surface area contributed by atoms with Gasteiger partial charge in [-0.25, -0.2) is 8.42 Å². The Balaban J connectivity index is 2.43. The minimum absolute atomic E-state index is 0.0109. The van der Waals surface area contributed by atoms with Gasteiger partial charge in [0.2, 0.25) is 10.0 Å². The predicted molar refractivity (Wildman–Crippen MR) is 97.9 cm³/mol. The van der Waals surface area contributed by atoms with Crippen molar-refractivity contribution in [2.24, 2.45) is 0 Å². The van der Waals surface area contributed by atoms with E-state index >= 15 is 0 Å². The molecule has 0 saturated carbocycles. The molecule has 0 spiro atoms. The van der Waals surface area contributed by atoms with E-state index in [9.17, 15) is 18.0 Å². The number of carbonyl (C=O) groups excluding carboxylic acids is 2. The maximum Gasteiger partial charge on any atom is 0.305 e. The van der Waals surface area contributed by atoms with Gasteiger partial charge in [0.05, 0.1) is 18.6 Å². The molecule has 26 heavy (non-hydrogen) atoms. The predicted octanol–water partition coefficient (Wildman–Crippen LogP) is 1.45. The van der Waals surface area contributed by atoms with Crippen LogP contribution in [-0.4, -0.2) is 40.5 Å². The van der Waals surface area contributed by atoms with Crippen molar-refractivity contribution in [3.63, 3.8) is 0 Å². The lowest BCUT2D eigenvalue weighted by Gasteiger charge is -2.08. The van der Waals surface area contributed by atoms with E-state index in [0.29, 0.717) is 13.0 Å². The van der Waals surface area contributed by atoms with Crippen LogP contribution in [0.5, 0.6) is 0 Å². The van der Waals surface area contributed by atoms with Gasteiger partial charge in [0, 0.05) is 18.5 Å². The first-order valence-electron chi connectivity index (χ1n) is 8.29. The highest BCUT2D eigenvalue weighted by molar-refractivity contribution is 7.89. The lowest BCUT2D eigenvalue weighted by atomic mass is 10.1. The monoisotopic (exact) mass is 380 g/mol. The molecule has 0 atom stereocenters. The van der Waals surface area contributed by atoms with E-state index in [1.165, 1.54) is 25.3 Å². The highest BCUT2D eigenvalue weighted by Crippen LogP contribution is 2.11. The molecule has 0 unspecified atom stereocenters. The molecule has 0 aliphatic rings. The molecule has 142 valence electrons. The zero-order chi connectivity index (χ0) is 19.4. The zero-order valence-corrected chi connectivity index (χ0v) is 15.6. The Kier molecular flexibility index (Phi) is 9.41. The highest BCUT2D eigenvalue weighted by Gasteiger charge is 2.15. The molecule has 1 aromatic carbocycles. The van der Waals surface area contributed by atoms with E-state index in [1.54, 1.807) is 6.07 Å². The van der Waals surface area contributed by atoms with Crippen LogP contribution in [0, 0.1) is 12.3 Å². The van der Waals surface area contributed by atoms with Gasteiger partial charge < -0.3 is 10.1 Å². The van der Waals surface area contributed by atoms with Crippen LogP contribution in [-0.2, 0) is 19.6 Å². The van der Waals surface area contributed by atoms with Crippen molar-refractivity contribution in [2.45, 2.75) is 37.0 Å². The summed E-state index contributed by atoms with van der Waals surface area (Å²) >= 11 is 0. The van der Waals surface area contributed by atoms with Crippen LogP contribution in [0.3, 0.4) is 0 Å². The van der Waals surface area contributed by atoms with Gasteiger partial charge in [-0.2, -0.15) is 4.72 Å². The maximum absolute atomic E-state index is 12.1. The summed E-state index contributed by atoms with van der Waals surface area (Å²) in [5.74, 6) is 1.64. The molecule has 0 saturated heterocycles. The number of ether oxygens (including phenoxy) is 1. The first-order chi connectivity index (χ1) is 12.4. The van der Waals surface area contributed by atoms with E-state index in [4.69, 9.17) is 6.42 Å². The van der Waals surface area contributed by atoms with Crippen LogP contribution in [0.15, 0.2) is 29.2 Å². The summed E-state index contributed by atoms with van der Waals surface area (Å²) in [7, 11) is -2.37. The van der Waals surface area contributed by atoms with E-state index in [1.807, 2.05) is 0 Å². The Morgan fingerprint density at radius 1 is 1.19 bits per heavy atom. The molecule has 0 aliphatic heterocycles. The topological polar surface area (TPSA) is 102 Å². The number of rotatable bonds is 11. The zero-order valence-electron chi connectivity index (χ0n) is 14.8. The minimum atomic E-state index is -3.73. The second-order valence-corrected chi connectivity index (χ2v) is 7.32. The average molecular weight is 380 g/mol. The molecule has 0 radical (unpaired) electrons. The lowest BCUT2D eigenvalue weighted by molar-refractivity contribution is -0.140. The van der Waals surface area contributed by atoms with Crippen LogP contribution in [0.2, 0.25) is 0 Å². The van der Waals surface area contributed by atoms with Gasteiger partial charge in [0.25, 0.3) is 5.91 Å². The Morgan fingerprint density at radius 3 is 2.62 bits per heavy atom. The third kappa shape index (κ3) is 7.68. The number of terminal acetylenes is 1. The van der Waals surface area contributed by atoms with Gasteiger partial charge in [-0.3, -0.25) is 9.59 Å². The van der Waals surface area contributed by atoms with Crippen molar-refractivity contribution in [3.05, 3.63) is 29.8 Å². The van der Waals surface area contributed by atoms with E-state index in [2.05, 4.69) is 20.7 Å². The molecule has 2 N–H and O–H groups in total. The van der Waals surface area contributed by atoms with Crippen LogP contribution in [0.1, 0.15) is 42.5 Å². The van der Waals surface area contributed by atoms with E-state index in [-0.39, 0.29) is 28.9 Å². The molecule has 0 aromatic heterocycles. The van der Waals surface area contributed by atoms with Gasteiger partial charge in [-0.1, -0.05) is 24.8 Å². The van der Waals surface area contributed by atoms with E-state index < -0.39 is 10.0 Å². The normalized spacial score (nSPS) is 10.8. The second-order valence-electron chi connectivity index (χ2n) is 5.55. The molecule has 0 fully saturated rings. The number of esters is 1.